The van der Waals surface area contributed by atoms with Gasteiger partial charge in [0.25, 0.3) is 0 Å². The van der Waals surface area contributed by atoms with Crippen LogP contribution in [0.25, 0.3) is 0 Å². The second kappa shape index (κ2) is 8.75. The molecule has 0 saturated heterocycles. The second-order valence-corrected chi connectivity index (χ2v) is 5.49. The highest BCUT2D eigenvalue weighted by Crippen LogP contribution is 2.18. The number of carbonyl (C=O) groups excluding carboxylic acids is 3. The van der Waals surface area contributed by atoms with Crippen LogP contribution in [0.3, 0.4) is 0 Å². The first-order valence-electron chi connectivity index (χ1n) is 7.93. The van der Waals surface area contributed by atoms with E-state index in [1.165, 1.54) is 43.2 Å². The Kier molecular flexibility index (Phi) is 6.43. The molecular formula is C19H19FN2O4. The normalized spacial score (nSPS) is 10.1. The van der Waals surface area contributed by atoms with Crippen molar-refractivity contribution >= 4 is 29.2 Å². The standard InChI is InChI=1S/C19H19FN2O4/c1-13(23)22(15-7-5-6-14(12-15)19(25)26-2)11-10-18(24)21-17-9-4-3-8-16(17)20/h3-9,12H,10-11H2,1-2H3,(H,21,24). The monoisotopic (exact) mass is 358 g/mol. The fourth-order valence-corrected chi connectivity index (χ4v) is 2.38. The summed E-state index contributed by atoms with van der Waals surface area (Å²) in [6, 6.07) is 12.2. The number of nitrogens with one attached hydrogen (secondary N) is 1. The molecule has 0 aliphatic rings. The van der Waals surface area contributed by atoms with E-state index in [4.69, 9.17) is 0 Å². The van der Waals surface area contributed by atoms with Crippen molar-refractivity contribution in [2.24, 2.45) is 0 Å². The maximum atomic E-state index is 13.6. The Morgan fingerprint density at radius 1 is 1.12 bits per heavy atom. The smallest absolute Gasteiger partial charge is 0.337 e. The molecule has 0 spiro atoms. The molecule has 2 amide bonds. The zero-order valence-corrected chi connectivity index (χ0v) is 14.5. The summed E-state index contributed by atoms with van der Waals surface area (Å²) in [6.07, 6.45) is -0.0314. The van der Waals surface area contributed by atoms with Crippen LogP contribution in [0.5, 0.6) is 0 Å². The average Bonchev–Trinajstić information content (AvgIpc) is 2.63. The van der Waals surface area contributed by atoms with Crippen molar-refractivity contribution in [3.05, 3.63) is 59.9 Å². The summed E-state index contributed by atoms with van der Waals surface area (Å²) in [7, 11) is 1.27. The van der Waals surface area contributed by atoms with Crippen molar-refractivity contribution in [1.82, 2.24) is 0 Å². The molecule has 1 N–H and O–H groups in total. The number of para-hydroxylation sites is 1. The Bertz CT molecular complexity index is 823. The van der Waals surface area contributed by atoms with Crippen LogP contribution in [0.4, 0.5) is 15.8 Å². The van der Waals surface area contributed by atoms with Crippen molar-refractivity contribution in [1.29, 1.82) is 0 Å². The van der Waals surface area contributed by atoms with E-state index < -0.39 is 17.7 Å². The van der Waals surface area contributed by atoms with Gasteiger partial charge in [-0.1, -0.05) is 18.2 Å². The van der Waals surface area contributed by atoms with Crippen LogP contribution >= 0.6 is 0 Å². The summed E-state index contributed by atoms with van der Waals surface area (Å²) in [4.78, 5) is 37.0. The van der Waals surface area contributed by atoms with Crippen LogP contribution < -0.4 is 10.2 Å². The molecule has 0 aromatic heterocycles. The minimum atomic E-state index is -0.532. The van der Waals surface area contributed by atoms with Crippen molar-refractivity contribution in [3.63, 3.8) is 0 Å². The van der Waals surface area contributed by atoms with E-state index in [2.05, 4.69) is 10.1 Å². The van der Waals surface area contributed by atoms with Crippen molar-refractivity contribution in [3.8, 4) is 0 Å². The highest BCUT2D eigenvalue weighted by atomic mass is 19.1. The molecule has 0 bridgehead atoms. The molecule has 0 aliphatic carbocycles. The first kappa shape index (κ1) is 19.1. The number of amides is 2. The van der Waals surface area contributed by atoms with Gasteiger partial charge in [-0.05, 0) is 30.3 Å². The van der Waals surface area contributed by atoms with Crippen molar-refractivity contribution in [2.75, 3.05) is 23.9 Å². The van der Waals surface area contributed by atoms with Crippen molar-refractivity contribution in [2.45, 2.75) is 13.3 Å². The number of hydrogen-bond donors (Lipinski definition) is 1. The molecule has 6 nitrogen and oxygen atoms in total. The molecule has 2 aromatic rings. The topological polar surface area (TPSA) is 75.7 Å². The molecule has 0 fully saturated rings. The third kappa shape index (κ3) is 4.89. The van der Waals surface area contributed by atoms with E-state index in [-0.39, 0.29) is 24.6 Å². The summed E-state index contributed by atoms with van der Waals surface area (Å²) in [5.74, 6) is -1.76. The summed E-state index contributed by atoms with van der Waals surface area (Å²) in [5, 5.41) is 2.47. The second-order valence-electron chi connectivity index (χ2n) is 5.49. The maximum Gasteiger partial charge on any atom is 0.337 e. The molecule has 2 rings (SSSR count). The van der Waals surface area contributed by atoms with Gasteiger partial charge in [0.15, 0.2) is 0 Å². The van der Waals surface area contributed by atoms with Gasteiger partial charge in [-0.2, -0.15) is 0 Å². The fraction of sp³-hybridized carbons (Fsp3) is 0.211. The number of ether oxygens (including phenoxy) is 1. The molecule has 7 heteroatoms. The van der Waals surface area contributed by atoms with Gasteiger partial charge in [-0.25, -0.2) is 9.18 Å². The third-order valence-corrected chi connectivity index (χ3v) is 3.67. The van der Waals surface area contributed by atoms with Gasteiger partial charge in [-0.3, -0.25) is 9.59 Å². The third-order valence-electron chi connectivity index (χ3n) is 3.67. The van der Waals surface area contributed by atoms with Gasteiger partial charge >= 0.3 is 5.97 Å². The van der Waals surface area contributed by atoms with Crippen LogP contribution in [0.1, 0.15) is 23.7 Å². The van der Waals surface area contributed by atoms with Crippen molar-refractivity contribution < 1.29 is 23.5 Å². The number of methoxy groups -OCH3 is 1. The highest BCUT2D eigenvalue weighted by molar-refractivity contribution is 5.96. The van der Waals surface area contributed by atoms with Gasteiger partial charge < -0.3 is 15.0 Å². The molecule has 2 aromatic carbocycles. The molecule has 26 heavy (non-hydrogen) atoms. The Balaban J connectivity index is 2.07. The van der Waals surface area contributed by atoms with Crippen LogP contribution in [-0.4, -0.2) is 31.4 Å². The van der Waals surface area contributed by atoms with Gasteiger partial charge in [0.1, 0.15) is 5.82 Å². The molecule has 0 unspecified atom stereocenters. The molecule has 0 radical (unpaired) electrons. The number of nitrogens with zero attached hydrogens (tertiary/aromatic N) is 1. The van der Waals surface area contributed by atoms with E-state index in [1.807, 2.05) is 0 Å². The van der Waals surface area contributed by atoms with E-state index >= 15 is 0 Å². The highest BCUT2D eigenvalue weighted by Gasteiger charge is 2.16. The lowest BCUT2D eigenvalue weighted by molar-refractivity contribution is -0.117. The van der Waals surface area contributed by atoms with E-state index in [0.717, 1.165) is 0 Å². The lowest BCUT2D eigenvalue weighted by atomic mass is 10.1. The van der Waals surface area contributed by atoms with E-state index in [9.17, 15) is 18.8 Å². The van der Waals surface area contributed by atoms with Crippen LogP contribution in [0, 0.1) is 5.82 Å². The first-order chi connectivity index (χ1) is 12.4. The minimum absolute atomic E-state index is 0.0314. The van der Waals surface area contributed by atoms with Crippen LogP contribution in [0.15, 0.2) is 48.5 Å². The SMILES string of the molecule is COC(=O)c1cccc(N(CCC(=O)Nc2ccccc2F)C(C)=O)c1. The number of anilines is 2. The molecule has 0 saturated carbocycles. The fourth-order valence-electron chi connectivity index (χ4n) is 2.38. The number of benzene rings is 2. The van der Waals surface area contributed by atoms with Gasteiger partial charge in [-0.15, -0.1) is 0 Å². The van der Waals surface area contributed by atoms with Crippen LogP contribution in [-0.2, 0) is 14.3 Å². The number of halogens is 1. The Morgan fingerprint density at radius 2 is 1.85 bits per heavy atom. The quantitative estimate of drug-likeness (QED) is 0.806. The Labute approximate surface area is 150 Å². The van der Waals surface area contributed by atoms with Gasteiger partial charge in [0.05, 0.1) is 18.4 Å². The lowest BCUT2D eigenvalue weighted by Crippen LogP contribution is -2.32. The molecule has 0 heterocycles. The zero-order chi connectivity index (χ0) is 19.1. The summed E-state index contributed by atoms with van der Waals surface area (Å²) < 4.78 is 18.2. The summed E-state index contributed by atoms with van der Waals surface area (Å²) >= 11 is 0. The number of hydrogen-bond acceptors (Lipinski definition) is 4. The Hall–Kier alpha value is -3.22. The predicted octanol–water partition coefficient (Wildman–Crippen LogP) is 2.99. The number of rotatable bonds is 6. The summed E-state index contributed by atoms with van der Waals surface area (Å²) in [6.45, 7) is 1.44. The summed E-state index contributed by atoms with van der Waals surface area (Å²) in [5.41, 5.74) is 0.853. The van der Waals surface area contributed by atoms with E-state index in [1.54, 1.807) is 24.3 Å². The maximum absolute atomic E-state index is 13.6. The average molecular weight is 358 g/mol. The zero-order valence-electron chi connectivity index (χ0n) is 14.5. The lowest BCUT2D eigenvalue weighted by Gasteiger charge is -2.21. The largest absolute Gasteiger partial charge is 0.465 e. The molecular weight excluding hydrogens is 339 g/mol. The first-order valence-corrected chi connectivity index (χ1v) is 7.93. The Morgan fingerprint density at radius 3 is 2.50 bits per heavy atom. The van der Waals surface area contributed by atoms with E-state index in [0.29, 0.717) is 11.3 Å². The molecule has 0 atom stereocenters. The number of carbonyl (C=O) groups is 3. The van der Waals surface area contributed by atoms with Gasteiger partial charge in [0.2, 0.25) is 11.8 Å². The predicted molar refractivity (Wildman–Crippen MR) is 95.5 cm³/mol. The van der Waals surface area contributed by atoms with Gasteiger partial charge in [0, 0.05) is 25.6 Å². The minimum Gasteiger partial charge on any atom is -0.465 e. The number of esters is 1. The molecule has 0 aliphatic heterocycles. The molecule has 136 valence electrons. The van der Waals surface area contributed by atoms with Crippen LogP contribution in [0.2, 0.25) is 0 Å².